The fourth-order valence-electron chi connectivity index (χ4n) is 2.35. The number of halogens is 6. The van der Waals surface area contributed by atoms with E-state index in [4.69, 9.17) is 0 Å². The zero-order valence-electron chi connectivity index (χ0n) is 14.6. The Balaban J connectivity index is 3.05. The first-order valence-corrected chi connectivity index (χ1v) is 8.04. The van der Waals surface area contributed by atoms with Gasteiger partial charge in [-0.05, 0) is 30.2 Å². The highest BCUT2D eigenvalue weighted by atomic mass is 19.4. The van der Waals surface area contributed by atoms with Crippen LogP contribution in [0.1, 0.15) is 42.9 Å². The van der Waals surface area contributed by atoms with Crippen LogP contribution in [-0.2, 0) is 33.1 Å². The number of rotatable bonds is 7. The minimum atomic E-state index is -5.00. The summed E-state index contributed by atoms with van der Waals surface area (Å²) in [5.74, 6) is -1.62. The second kappa shape index (κ2) is 9.09. The molecule has 0 spiro atoms. The van der Waals surface area contributed by atoms with Gasteiger partial charge in [-0.25, -0.2) is 4.79 Å². The van der Waals surface area contributed by atoms with Crippen LogP contribution in [0.2, 0.25) is 0 Å². The van der Waals surface area contributed by atoms with E-state index in [2.05, 4.69) is 10.1 Å². The minimum Gasteiger partial charge on any atom is -0.467 e. The molecule has 1 aromatic carbocycles. The Morgan fingerprint density at radius 1 is 1.04 bits per heavy atom. The Bertz CT molecular complexity index is 637. The van der Waals surface area contributed by atoms with Gasteiger partial charge >= 0.3 is 18.3 Å². The molecule has 0 saturated heterocycles. The lowest BCUT2D eigenvalue weighted by Crippen LogP contribution is -2.42. The number of amides is 1. The summed E-state index contributed by atoms with van der Waals surface area (Å²) in [5, 5.41) is 2.29. The van der Waals surface area contributed by atoms with Crippen LogP contribution >= 0.6 is 0 Å². The second-order valence-electron chi connectivity index (χ2n) is 5.88. The summed E-state index contributed by atoms with van der Waals surface area (Å²) in [4.78, 5) is 23.7. The van der Waals surface area contributed by atoms with Crippen LogP contribution in [0.3, 0.4) is 0 Å². The standard InChI is InChI=1S/C17H19F6NO3/c1-3-4-5-13(15(26)27-2)24-14(25)8-10-6-11(16(18,19)20)9-12(7-10)17(21,22)23/h6-7,9,13H,3-5,8H2,1-2H3,(H,24,25)/t13-/m1/s1. The summed E-state index contributed by atoms with van der Waals surface area (Å²) in [6, 6.07) is -0.0718. The van der Waals surface area contributed by atoms with Gasteiger partial charge in [-0.2, -0.15) is 26.3 Å². The van der Waals surface area contributed by atoms with Crippen molar-refractivity contribution in [3.05, 3.63) is 34.9 Å². The third-order valence-corrected chi connectivity index (χ3v) is 3.68. The van der Waals surface area contributed by atoms with E-state index in [1.807, 2.05) is 6.92 Å². The molecule has 152 valence electrons. The lowest BCUT2D eigenvalue weighted by atomic mass is 10.0. The number of unbranched alkanes of at least 4 members (excludes halogenated alkanes) is 1. The molecule has 10 heteroatoms. The lowest BCUT2D eigenvalue weighted by Gasteiger charge is -2.17. The summed E-state index contributed by atoms with van der Waals surface area (Å²) in [6.07, 6.45) is -9.21. The zero-order chi connectivity index (χ0) is 20.8. The molecule has 0 fully saturated rings. The molecule has 0 aromatic heterocycles. The van der Waals surface area contributed by atoms with E-state index in [9.17, 15) is 35.9 Å². The van der Waals surface area contributed by atoms with E-state index in [-0.39, 0.29) is 12.5 Å². The Labute approximate surface area is 151 Å². The first-order chi connectivity index (χ1) is 12.4. The Kier molecular flexibility index (Phi) is 7.67. The fourth-order valence-corrected chi connectivity index (χ4v) is 2.35. The SMILES string of the molecule is CCCC[C@@H](NC(=O)Cc1cc(C(F)(F)F)cc(C(F)(F)F)c1)C(=O)OC. The number of benzene rings is 1. The van der Waals surface area contributed by atoms with Gasteiger partial charge in [0.2, 0.25) is 5.91 Å². The van der Waals surface area contributed by atoms with E-state index in [1.54, 1.807) is 0 Å². The van der Waals surface area contributed by atoms with Gasteiger partial charge in [0.25, 0.3) is 0 Å². The number of nitrogens with one attached hydrogen (secondary N) is 1. The van der Waals surface area contributed by atoms with Crippen molar-refractivity contribution in [3.8, 4) is 0 Å². The van der Waals surface area contributed by atoms with Crippen molar-refractivity contribution in [2.45, 2.75) is 51.0 Å². The highest BCUT2D eigenvalue weighted by Crippen LogP contribution is 2.36. The normalized spacial score (nSPS) is 13.2. The number of hydrogen-bond donors (Lipinski definition) is 1. The first kappa shape index (κ1) is 22.8. The van der Waals surface area contributed by atoms with Crippen LogP contribution in [0.4, 0.5) is 26.3 Å². The quantitative estimate of drug-likeness (QED) is 0.555. The number of ether oxygens (including phenoxy) is 1. The zero-order valence-corrected chi connectivity index (χ0v) is 14.6. The van der Waals surface area contributed by atoms with Crippen molar-refractivity contribution >= 4 is 11.9 Å². The van der Waals surface area contributed by atoms with Gasteiger partial charge in [-0.1, -0.05) is 19.8 Å². The highest BCUT2D eigenvalue weighted by molar-refractivity contribution is 5.85. The van der Waals surface area contributed by atoms with E-state index in [0.717, 1.165) is 7.11 Å². The lowest BCUT2D eigenvalue weighted by molar-refractivity contribution is -0.145. The number of carbonyl (C=O) groups excluding carboxylic acids is 2. The second-order valence-corrected chi connectivity index (χ2v) is 5.88. The van der Waals surface area contributed by atoms with Crippen molar-refractivity contribution in [2.24, 2.45) is 0 Å². The van der Waals surface area contributed by atoms with E-state index in [0.29, 0.717) is 25.0 Å². The minimum absolute atomic E-state index is 0.0140. The number of carbonyl (C=O) groups is 2. The molecule has 1 aromatic rings. The Morgan fingerprint density at radius 3 is 1.96 bits per heavy atom. The van der Waals surface area contributed by atoms with Crippen LogP contribution in [0.15, 0.2) is 18.2 Å². The molecule has 1 N–H and O–H groups in total. The molecule has 0 aliphatic carbocycles. The predicted octanol–water partition coefficient (Wildman–Crippen LogP) is 4.11. The van der Waals surface area contributed by atoms with Gasteiger partial charge < -0.3 is 10.1 Å². The van der Waals surface area contributed by atoms with Gasteiger partial charge in [0.15, 0.2) is 0 Å². The number of methoxy groups -OCH3 is 1. The molecule has 0 aliphatic heterocycles. The average molecular weight is 399 g/mol. The summed E-state index contributed by atoms with van der Waals surface area (Å²) >= 11 is 0. The molecule has 0 radical (unpaired) electrons. The Morgan fingerprint density at radius 2 is 1.56 bits per heavy atom. The molecule has 1 amide bonds. The third-order valence-electron chi connectivity index (χ3n) is 3.68. The fraction of sp³-hybridized carbons (Fsp3) is 0.529. The summed E-state index contributed by atoms with van der Waals surface area (Å²) in [5.41, 5.74) is -3.47. The largest absolute Gasteiger partial charge is 0.467 e. The molecule has 0 heterocycles. The van der Waals surface area contributed by atoms with E-state index >= 15 is 0 Å². The van der Waals surface area contributed by atoms with Crippen LogP contribution in [0, 0.1) is 0 Å². The number of esters is 1. The highest BCUT2D eigenvalue weighted by Gasteiger charge is 2.37. The van der Waals surface area contributed by atoms with Gasteiger partial charge in [0.1, 0.15) is 6.04 Å². The number of hydrogen-bond acceptors (Lipinski definition) is 3. The van der Waals surface area contributed by atoms with E-state index < -0.39 is 53.4 Å². The molecule has 0 bridgehead atoms. The van der Waals surface area contributed by atoms with Crippen molar-refractivity contribution in [2.75, 3.05) is 7.11 Å². The maximum Gasteiger partial charge on any atom is 0.416 e. The maximum absolute atomic E-state index is 12.8. The monoisotopic (exact) mass is 399 g/mol. The molecule has 0 saturated carbocycles. The average Bonchev–Trinajstić information content (AvgIpc) is 2.55. The Hall–Kier alpha value is -2.26. The molecule has 1 rings (SSSR count). The van der Waals surface area contributed by atoms with Crippen molar-refractivity contribution in [1.82, 2.24) is 5.32 Å². The van der Waals surface area contributed by atoms with Gasteiger partial charge in [-0.15, -0.1) is 0 Å². The topological polar surface area (TPSA) is 55.4 Å². The molecule has 0 aliphatic rings. The van der Waals surface area contributed by atoms with Crippen molar-refractivity contribution in [3.63, 3.8) is 0 Å². The molecular weight excluding hydrogens is 380 g/mol. The van der Waals surface area contributed by atoms with Gasteiger partial charge in [0.05, 0.1) is 24.7 Å². The smallest absolute Gasteiger partial charge is 0.416 e. The van der Waals surface area contributed by atoms with Crippen molar-refractivity contribution < 1.29 is 40.7 Å². The van der Waals surface area contributed by atoms with Crippen LogP contribution < -0.4 is 5.32 Å². The first-order valence-electron chi connectivity index (χ1n) is 8.04. The number of alkyl halides is 6. The molecule has 0 unspecified atom stereocenters. The summed E-state index contributed by atoms with van der Waals surface area (Å²) in [6.45, 7) is 1.84. The summed E-state index contributed by atoms with van der Waals surface area (Å²) < 4.78 is 81.6. The van der Waals surface area contributed by atoms with Crippen molar-refractivity contribution in [1.29, 1.82) is 0 Å². The van der Waals surface area contributed by atoms with Crippen LogP contribution in [-0.4, -0.2) is 25.0 Å². The van der Waals surface area contributed by atoms with Crippen LogP contribution in [0.25, 0.3) is 0 Å². The maximum atomic E-state index is 12.8. The van der Waals surface area contributed by atoms with Gasteiger partial charge in [0, 0.05) is 0 Å². The molecular formula is C17H19F6NO3. The predicted molar refractivity (Wildman–Crippen MR) is 83.6 cm³/mol. The van der Waals surface area contributed by atoms with Gasteiger partial charge in [-0.3, -0.25) is 4.79 Å². The van der Waals surface area contributed by atoms with Crippen LogP contribution in [0.5, 0.6) is 0 Å². The summed E-state index contributed by atoms with van der Waals surface area (Å²) in [7, 11) is 1.11. The molecule has 1 atom stereocenters. The van der Waals surface area contributed by atoms with E-state index in [1.165, 1.54) is 0 Å². The molecule has 4 nitrogen and oxygen atoms in total. The molecule has 27 heavy (non-hydrogen) atoms. The third kappa shape index (κ3) is 7.10.